The number of carbonyl (C=O) groups is 2. The van der Waals surface area contributed by atoms with E-state index >= 15 is 0 Å². The number of benzene rings is 3. The summed E-state index contributed by atoms with van der Waals surface area (Å²) in [6.07, 6.45) is -8.97. The molecule has 0 spiro atoms. The molecule has 3 aromatic rings. The van der Waals surface area contributed by atoms with Crippen LogP contribution in [0.5, 0.6) is 0 Å². The van der Waals surface area contributed by atoms with Crippen molar-refractivity contribution in [2.45, 2.75) is 38.5 Å². The van der Waals surface area contributed by atoms with Gasteiger partial charge in [-0.15, -0.1) is 10.2 Å². The first-order chi connectivity index (χ1) is 22.4. The number of rotatable bonds is 12. The summed E-state index contributed by atoms with van der Waals surface area (Å²) in [6.45, 7) is 3.39. The largest absolute Gasteiger partial charge is 0.504 e. The summed E-state index contributed by atoms with van der Waals surface area (Å²) in [5, 5.41) is 37.3. The number of para-hydroxylation sites is 2. The molecule has 18 heteroatoms. The fourth-order valence-electron chi connectivity index (χ4n) is 3.43. The van der Waals surface area contributed by atoms with Gasteiger partial charge in [-0.1, -0.05) is 47.5 Å². The molecule has 0 unspecified atom stereocenters. The summed E-state index contributed by atoms with van der Waals surface area (Å²) in [5.41, 5.74) is -3.02. The Morgan fingerprint density at radius 2 is 0.917 bits per heavy atom. The van der Waals surface area contributed by atoms with Crippen LogP contribution in [-0.2, 0) is 9.59 Å². The minimum Gasteiger partial charge on any atom is -0.504 e. The first-order valence-corrected chi connectivity index (χ1v) is 13.3. The SMILES string of the molecule is Cc1ccc(N=N/C(C(=O)Nc2ccccc2NC(=O)/C(N=Nc2ccc(C)cc2)=C(\O)C(F)(F)C(F)F)=C(/O)C(F)(F)C(F)F)cc1. The average molecular weight is 685 g/mol. The van der Waals surface area contributed by atoms with Gasteiger partial charge in [-0.2, -0.15) is 27.8 Å². The molecule has 0 saturated carbocycles. The van der Waals surface area contributed by atoms with E-state index in [1.807, 2.05) is 10.6 Å². The van der Waals surface area contributed by atoms with Gasteiger partial charge < -0.3 is 20.8 Å². The number of nitrogens with zero attached hydrogens (tertiary/aromatic N) is 4. The van der Waals surface area contributed by atoms with Gasteiger partial charge in [-0.3, -0.25) is 9.59 Å². The molecule has 0 aromatic heterocycles. The van der Waals surface area contributed by atoms with E-state index in [2.05, 4.69) is 20.5 Å². The molecule has 2 amide bonds. The molecule has 0 aliphatic rings. The molecule has 0 aliphatic carbocycles. The molecule has 0 bridgehead atoms. The van der Waals surface area contributed by atoms with Crippen molar-refractivity contribution in [2.75, 3.05) is 10.6 Å². The maximum absolute atomic E-state index is 14.1. The standard InChI is InChI=1S/C30H24F8N6O4/c1-15-7-11-17(12-8-15)41-43-21(23(45)29(35,36)27(31)32)25(47)39-19-5-3-4-6-20(19)40-26(48)22(24(46)30(37,38)28(33)34)44-42-18-13-9-16(2)10-14-18/h3-14,27-28,45-46H,1-2H3,(H,39,47)(H,40,48)/b23-21+,24-22+,43-41?,44-42?. The molecule has 10 nitrogen and oxygen atoms in total. The van der Waals surface area contributed by atoms with E-state index in [0.717, 1.165) is 23.3 Å². The fourth-order valence-corrected chi connectivity index (χ4v) is 3.43. The number of aliphatic hydroxyl groups is 2. The number of anilines is 2. The van der Waals surface area contributed by atoms with Gasteiger partial charge in [-0.05, 0) is 50.2 Å². The predicted octanol–water partition coefficient (Wildman–Crippen LogP) is 9.09. The minimum absolute atomic E-state index is 0.0359. The van der Waals surface area contributed by atoms with E-state index in [1.54, 1.807) is 13.8 Å². The zero-order valence-corrected chi connectivity index (χ0v) is 24.6. The van der Waals surface area contributed by atoms with Crippen LogP contribution < -0.4 is 10.6 Å². The number of amides is 2. The molecule has 48 heavy (non-hydrogen) atoms. The molecule has 0 saturated heterocycles. The van der Waals surface area contributed by atoms with Crippen molar-refractivity contribution < 1.29 is 54.9 Å². The van der Waals surface area contributed by atoms with Gasteiger partial charge >= 0.3 is 24.7 Å². The summed E-state index contributed by atoms with van der Waals surface area (Å²) in [4.78, 5) is 26.1. The second-order valence-corrected chi connectivity index (χ2v) is 9.77. The molecular formula is C30H24F8N6O4. The van der Waals surface area contributed by atoms with Crippen molar-refractivity contribution in [3.63, 3.8) is 0 Å². The number of alkyl halides is 8. The van der Waals surface area contributed by atoms with Crippen LogP contribution in [0.2, 0.25) is 0 Å². The Morgan fingerprint density at radius 3 is 1.21 bits per heavy atom. The number of hydrogen-bond donors (Lipinski definition) is 4. The lowest BCUT2D eigenvalue weighted by Crippen LogP contribution is -2.32. The van der Waals surface area contributed by atoms with Gasteiger partial charge in [0, 0.05) is 0 Å². The highest BCUT2D eigenvalue weighted by molar-refractivity contribution is 6.09. The molecular weight excluding hydrogens is 660 g/mol. The highest BCUT2D eigenvalue weighted by Crippen LogP contribution is 2.35. The first-order valence-electron chi connectivity index (χ1n) is 13.3. The minimum atomic E-state index is -5.28. The van der Waals surface area contributed by atoms with Gasteiger partial charge in [0.25, 0.3) is 11.8 Å². The molecule has 254 valence electrons. The summed E-state index contributed by atoms with van der Waals surface area (Å²) < 4.78 is 109. The van der Waals surface area contributed by atoms with Crippen molar-refractivity contribution in [2.24, 2.45) is 20.5 Å². The molecule has 0 fully saturated rings. The lowest BCUT2D eigenvalue weighted by Gasteiger charge is -2.18. The zero-order valence-electron chi connectivity index (χ0n) is 24.6. The fraction of sp³-hybridized carbons (Fsp3) is 0.200. The topological polar surface area (TPSA) is 148 Å². The van der Waals surface area contributed by atoms with Crippen LogP contribution >= 0.6 is 0 Å². The number of hydrogen-bond acceptors (Lipinski definition) is 8. The Bertz CT molecular complexity index is 1630. The van der Waals surface area contributed by atoms with E-state index in [1.165, 1.54) is 60.7 Å². The number of nitrogens with one attached hydrogen (secondary N) is 2. The van der Waals surface area contributed by atoms with E-state index < -0.39 is 70.8 Å². The molecule has 4 N–H and O–H groups in total. The average Bonchev–Trinajstić information content (AvgIpc) is 3.03. The molecule has 0 atom stereocenters. The Balaban J connectivity index is 2.02. The number of carbonyl (C=O) groups excluding carboxylic acids is 2. The number of allylic oxidation sites excluding steroid dienone is 2. The number of aryl methyl sites for hydroxylation is 2. The third kappa shape index (κ3) is 8.98. The van der Waals surface area contributed by atoms with E-state index in [0.29, 0.717) is 0 Å². The van der Waals surface area contributed by atoms with Gasteiger partial charge in [0.15, 0.2) is 11.4 Å². The van der Waals surface area contributed by atoms with Crippen LogP contribution in [0.4, 0.5) is 57.9 Å². The van der Waals surface area contributed by atoms with Crippen molar-refractivity contribution in [1.29, 1.82) is 0 Å². The highest BCUT2D eigenvalue weighted by Gasteiger charge is 2.49. The monoisotopic (exact) mass is 684 g/mol. The lowest BCUT2D eigenvalue weighted by molar-refractivity contribution is -0.126. The summed E-state index contributed by atoms with van der Waals surface area (Å²) in [7, 11) is 0. The first kappa shape index (κ1) is 36.8. The highest BCUT2D eigenvalue weighted by atomic mass is 19.3. The second kappa shape index (κ2) is 15.3. The van der Waals surface area contributed by atoms with Crippen LogP contribution in [0.15, 0.2) is 116 Å². The summed E-state index contributed by atoms with van der Waals surface area (Å²) in [6, 6.07) is 15.8. The third-order valence-electron chi connectivity index (χ3n) is 6.08. The lowest BCUT2D eigenvalue weighted by atomic mass is 10.2. The Labute approximate surface area is 266 Å². The van der Waals surface area contributed by atoms with Crippen molar-refractivity contribution in [3.05, 3.63) is 107 Å². The smallest absolute Gasteiger partial charge is 0.365 e. The van der Waals surface area contributed by atoms with Crippen molar-refractivity contribution >= 4 is 34.6 Å². The molecule has 3 rings (SSSR count). The van der Waals surface area contributed by atoms with Gasteiger partial charge in [0.2, 0.25) is 11.5 Å². The normalized spacial score (nSPS) is 13.6. The summed E-state index contributed by atoms with van der Waals surface area (Å²) in [5.74, 6) is -19.0. The maximum Gasteiger partial charge on any atom is 0.365 e. The van der Waals surface area contributed by atoms with Crippen LogP contribution in [0.25, 0.3) is 0 Å². The third-order valence-corrected chi connectivity index (χ3v) is 6.08. The van der Waals surface area contributed by atoms with Gasteiger partial charge in [-0.25, -0.2) is 17.6 Å². The Kier molecular flexibility index (Phi) is 11.7. The van der Waals surface area contributed by atoms with Gasteiger partial charge in [0.05, 0.1) is 22.7 Å². The van der Waals surface area contributed by atoms with Crippen LogP contribution in [0.3, 0.4) is 0 Å². The van der Waals surface area contributed by atoms with Crippen molar-refractivity contribution in [3.8, 4) is 0 Å². The van der Waals surface area contributed by atoms with Crippen molar-refractivity contribution in [1.82, 2.24) is 0 Å². The molecule has 0 radical (unpaired) electrons. The van der Waals surface area contributed by atoms with E-state index in [-0.39, 0.29) is 11.4 Å². The molecule has 3 aromatic carbocycles. The van der Waals surface area contributed by atoms with Gasteiger partial charge in [0.1, 0.15) is 0 Å². The number of halogens is 8. The van der Waals surface area contributed by atoms with E-state index in [9.17, 15) is 54.9 Å². The Morgan fingerprint density at radius 1 is 0.604 bits per heavy atom. The number of azo groups is 2. The second-order valence-electron chi connectivity index (χ2n) is 9.77. The summed E-state index contributed by atoms with van der Waals surface area (Å²) >= 11 is 0. The Hall–Kier alpha value is -5.68. The van der Waals surface area contributed by atoms with Crippen LogP contribution in [0.1, 0.15) is 11.1 Å². The zero-order chi connectivity index (χ0) is 35.8. The number of aliphatic hydroxyl groups excluding tert-OH is 2. The van der Waals surface area contributed by atoms with Crippen LogP contribution in [0, 0.1) is 13.8 Å². The van der Waals surface area contributed by atoms with Crippen LogP contribution in [-0.4, -0.2) is 46.7 Å². The quantitative estimate of drug-likeness (QED) is 0.0652. The molecule has 0 heterocycles. The maximum atomic E-state index is 14.1. The van der Waals surface area contributed by atoms with E-state index in [4.69, 9.17) is 0 Å². The molecule has 0 aliphatic heterocycles. The predicted molar refractivity (Wildman–Crippen MR) is 156 cm³/mol.